The summed E-state index contributed by atoms with van der Waals surface area (Å²) < 4.78 is 5.26. The number of rotatable bonds is 5. The molecule has 0 aliphatic carbocycles. The molecule has 4 atom stereocenters. The highest BCUT2D eigenvalue weighted by Crippen LogP contribution is 2.26. The van der Waals surface area contributed by atoms with E-state index >= 15 is 0 Å². The van der Waals surface area contributed by atoms with Gasteiger partial charge in [0.15, 0.2) is 0 Å². The zero-order valence-corrected chi connectivity index (χ0v) is 11.3. The van der Waals surface area contributed by atoms with Gasteiger partial charge in [0.2, 0.25) is 0 Å². The lowest BCUT2D eigenvalue weighted by Gasteiger charge is -2.44. The first-order chi connectivity index (χ1) is 7.61. The number of piperidine rings is 1. The predicted octanol–water partition coefficient (Wildman–Crippen LogP) is 1.72. The molecule has 0 amide bonds. The van der Waals surface area contributed by atoms with Crippen LogP contribution in [0.15, 0.2) is 0 Å². The first-order valence-corrected chi connectivity index (χ1v) is 6.56. The number of hydrogen-bond donors (Lipinski definition) is 1. The molecular weight excluding hydrogens is 200 g/mol. The number of methoxy groups -OCH3 is 1. The summed E-state index contributed by atoms with van der Waals surface area (Å²) in [5.74, 6) is 1.31. The molecule has 96 valence electrons. The standard InChI is InChI=1S/C13H28N2O/c1-10-6-5-7-15(12(10)3)13(8-14)11(2)9-16-4/h10-13H,5-9,14H2,1-4H3. The SMILES string of the molecule is COCC(C)C(CN)N1CCCC(C)C1C. The fourth-order valence-electron chi connectivity index (χ4n) is 2.90. The lowest BCUT2D eigenvalue weighted by Crippen LogP contribution is -2.54. The van der Waals surface area contributed by atoms with Gasteiger partial charge in [0, 0.05) is 25.7 Å². The van der Waals surface area contributed by atoms with Crippen LogP contribution >= 0.6 is 0 Å². The summed E-state index contributed by atoms with van der Waals surface area (Å²) >= 11 is 0. The van der Waals surface area contributed by atoms with Crippen LogP contribution < -0.4 is 5.73 Å². The molecule has 1 fully saturated rings. The van der Waals surface area contributed by atoms with Gasteiger partial charge in [0.25, 0.3) is 0 Å². The Morgan fingerprint density at radius 3 is 2.69 bits per heavy atom. The molecule has 4 unspecified atom stereocenters. The first kappa shape index (κ1) is 13.9. The largest absolute Gasteiger partial charge is 0.384 e. The van der Waals surface area contributed by atoms with E-state index in [0.717, 1.165) is 19.1 Å². The summed E-state index contributed by atoms with van der Waals surface area (Å²) in [6.07, 6.45) is 2.66. The van der Waals surface area contributed by atoms with Crippen molar-refractivity contribution in [2.24, 2.45) is 17.6 Å². The average molecular weight is 228 g/mol. The van der Waals surface area contributed by atoms with Crippen molar-refractivity contribution in [3.8, 4) is 0 Å². The molecule has 3 heteroatoms. The van der Waals surface area contributed by atoms with E-state index in [1.165, 1.54) is 19.4 Å². The van der Waals surface area contributed by atoms with E-state index in [-0.39, 0.29) is 0 Å². The van der Waals surface area contributed by atoms with Crippen LogP contribution in [0, 0.1) is 11.8 Å². The van der Waals surface area contributed by atoms with Crippen LogP contribution in [-0.2, 0) is 4.74 Å². The Kier molecular flexibility index (Phi) is 5.73. The molecule has 0 aromatic carbocycles. The smallest absolute Gasteiger partial charge is 0.0503 e. The molecular formula is C13H28N2O. The Labute approximate surface area is 100 Å². The zero-order chi connectivity index (χ0) is 12.1. The third-order valence-corrected chi connectivity index (χ3v) is 4.18. The van der Waals surface area contributed by atoms with Crippen molar-refractivity contribution >= 4 is 0 Å². The molecule has 1 aliphatic heterocycles. The van der Waals surface area contributed by atoms with Gasteiger partial charge in [-0.25, -0.2) is 0 Å². The van der Waals surface area contributed by atoms with Crippen LogP contribution in [-0.4, -0.2) is 43.8 Å². The first-order valence-electron chi connectivity index (χ1n) is 6.56. The van der Waals surface area contributed by atoms with E-state index in [1.54, 1.807) is 7.11 Å². The summed E-state index contributed by atoms with van der Waals surface area (Å²) in [6.45, 7) is 9.67. The number of hydrogen-bond acceptors (Lipinski definition) is 3. The topological polar surface area (TPSA) is 38.5 Å². The second-order valence-electron chi connectivity index (χ2n) is 5.33. The van der Waals surface area contributed by atoms with Crippen LogP contribution in [0.5, 0.6) is 0 Å². The van der Waals surface area contributed by atoms with Gasteiger partial charge in [-0.2, -0.15) is 0 Å². The molecule has 2 N–H and O–H groups in total. The van der Waals surface area contributed by atoms with Crippen molar-refractivity contribution in [1.82, 2.24) is 4.90 Å². The molecule has 0 bridgehead atoms. The highest BCUT2D eigenvalue weighted by atomic mass is 16.5. The molecule has 16 heavy (non-hydrogen) atoms. The van der Waals surface area contributed by atoms with Gasteiger partial charge in [0.1, 0.15) is 0 Å². The quantitative estimate of drug-likeness (QED) is 0.778. The van der Waals surface area contributed by atoms with Crippen molar-refractivity contribution in [3.63, 3.8) is 0 Å². The molecule has 3 nitrogen and oxygen atoms in total. The second-order valence-corrected chi connectivity index (χ2v) is 5.33. The van der Waals surface area contributed by atoms with E-state index in [1.807, 2.05) is 0 Å². The third-order valence-electron chi connectivity index (χ3n) is 4.18. The van der Waals surface area contributed by atoms with Gasteiger partial charge in [-0.3, -0.25) is 4.90 Å². The molecule has 0 spiro atoms. The number of likely N-dealkylation sites (tertiary alicyclic amines) is 1. The van der Waals surface area contributed by atoms with Gasteiger partial charge in [-0.05, 0) is 38.1 Å². The van der Waals surface area contributed by atoms with E-state index in [2.05, 4.69) is 25.7 Å². The highest BCUT2D eigenvalue weighted by molar-refractivity contribution is 4.86. The number of ether oxygens (including phenoxy) is 1. The van der Waals surface area contributed by atoms with Crippen molar-refractivity contribution in [1.29, 1.82) is 0 Å². The van der Waals surface area contributed by atoms with Crippen LogP contribution in [0.4, 0.5) is 0 Å². The lowest BCUT2D eigenvalue weighted by atomic mass is 9.88. The van der Waals surface area contributed by atoms with Gasteiger partial charge < -0.3 is 10.5 Å². The molecule has 0 aromatic heterocycles. The zero-order valence-electron chi connectivity index (χ0n) is 11.3. The van der Waals surface area contributed by atoms with Crippen molar-refractivity contribution in [2.45, 2.75) is 45.7 Å². The summed E-state index contributed by atoms with van der Waals surface area (Å²) in [4.78, 5) is 2.60. The van der Waals surface area contributed by atoms with E-state index in [0.29, 0.717) is 18.0 Å². The maximum absolute atomic E-state index is 5.95. The highest BCUT2D eigenvalue weighted by Gasteiger charge is 2.32. The van der Waals surface area contributed by atoms with Crippen LogP contribution in [0.3, 0.4) is 0 Å². The minimum Gasteiger partial charge on any atom is -0.384 e. The van der Waals surface area contributed by atoms with Gasteiger partial charge in [0.05, 0.1) is 6.61 Å². The molecule has 1 heterocycles. The molecule has 1 saturated heterocycles. The van der Waals surface area contributed by atoms with Crippen LogP contribution in [0.25, 0.3) is 0 Å². The van der Waals surface area contributed by atoms with E-state index in [9.17, 15) is 0 Å². The number of nitrogens with two attached hydrogens (primary N) is 1. The lowest BCUT2D eigenvalue weighted by molar-refractivity contribution is 0.0243. The Morgan fingerprint density at radius 2 is 2.12 bits per heavy atom. The van der Waals surface area contributed by atoms with E-state index in [4.69, 9.17) is 10.5 Å². The van der Waals surface area contributed by atoms with Crippen molar-refractivity contribution in [3.05, 3.63) is 0 Å². The Bertz CT molecular complexity index is 198. The van der Waals surface area contributed by atoms with Crippen LogP contribution in [0.2, 0.25) is 0 Å². The predicted molar refractivity (Wildman–Crippen MR) is 68.4 cm³/mol. The van der Waals surface area contributed by atoms with E-state index < -0.39 is 0 Å². The number of nitrogens with zero attached hydrogens (tertiary/aromatic N) is 1. The molecule has 1 rings (SSSR count). The van der Waals surface area contributed by atoms with Crippen LogP contribution in [0.1, 0.15) is 33.6 Å². The summed E-state index contributed by atoms with van der Waals surface area (Å²) in [5, 5.41) is 0. The van der Waals surface area contributed by atoms with Crippen molar-refractivity contribution in [2.75, 3.05) is 26.8 Å². The molecule has 1 aliphatic rings. The fraction of sp³-hybridized carbons (Fsp3) is 1.00. The maximum Gasteiger partial charge on any atom is 0.0503 e. The normalized spacial score (nSPS) is 31.3. The van der Waals surface area contributed by atoms with Gasteiger partial charge >= 0.3 is 0 Å². The monoisotopic (exact) mass is 228 g/mol. The Morgan fingerprint density at radius 1 is 1.44 bits per heavy atom. The second kappa shape index (κ2) is 6.58. The van der Waals surface area contributed by atoms with Gasteiger partial charge in [-0.1, -0.05) is 13.8 Å². The van der Waals surface area contributed by atoms with Crippen molar-refractivity contribution < 1.29 is 4.74 Å². The summed E-state index contributed by atoms with van der Waals surface area (Å²) in [7, 11) is 1.77. The fourth-order valence-corrected chi connectivity index (χ4v) is 2.90. The molecule has 0 aromatic rings. The third kappa shape index (κ3) is 3.19. The minimum atomic E-state index is 0.470. The van der Waals surface area contributed by atoms with Gasteiger partial charge in [-0.15, -0.1) is 0 Å². The Hall–Kier alpha value is -0.120. The minimum absolute atomic E-state index is 0.470. The average Bonchev–Trinajstić information content (AvgIpc) is 2.25. The summed E-state index contributed by atoms with van der Waals surface area (Å²) in [5.41, 5.74) is 5.95. The molecule has 0 saturated carbocycles. The summed E-state index contributed by atoms with van der Waals surface area (Å²) in [6, 6.07) is 1.12. The molecule has 0 radical (unpaired) electrons. The maximum atomic E-state index is 5.95. The Balaban J connectivity index is 2.63.